The van der Waals surface area contributed by atoms with Crippen LogP contribution in [0.5, 0.6) is 0 Å². The van der Waals surface area contributed by atoms with Gasteiger partial charge in [0, 0.05) is 48.0 Å². The van der Waals surface area contributed by atoms with Crippen molar-refractivity contribution in [2.75, 3.05) is 13.2 Å². The van der Waals surface area contributed by atoms with E-state index < -0.39 is 0 Å². The van der Waals surface area contributed by atoms with Crippen molar-refractivity contribution in [2.24, 2.45) is 5.92 Å². The third kappa shape index (κ3) is 3.43. The number of aromatic amines is 1. The highest BCUT2D eigenvalue weighted by atomic mass is 35.5. The molecule has 1 aromatic carbocycles. The van der Waals surface area contributed by atoms with Crippen LogP contribution >= 0.6 is 11.6 Å². The number of aromatic nitrogens is 2. The third-order valence-corrected chi connectivity index (χ3v) is 4.03. The van der Waals surface area contributed by atoms with Crippen molar-refractivity contribution in [3.8, 4) is 0 Å². The second-order valence-electron chi connectivity index (χ2n) is 5.24. The summed E-state index contributed by atoms with van der Waals surface area (Å²) in [5.41, 5.74) is 1.65. The molecule has 2 N–H and O–H groups in total. The normalized spacial score (nSPS) is 21.8. The molecule has 2 atom stereocenters. The predicted octanol–water partition coefficient (Wildman–Crippen LogP) is 3.07. The highest BCUT2D eigenvalue weighted by Gasteiger charge is 2.29. The molecule has 0 amide bonds. The molecule has 3 rings (SSSR count). The number of H-pyrrole nitrogens is 1. The molecule has 0 radical (unpaired) electrons. The largest absolute Gasteiger partial charge is 0.373 e. The molecule has 0 unspecified atom stereocenters. The summed E-state index contributed by atoms with van der Waals surface area (Å²) in [5.74, 6) is 0.130. The summed E-state index contributed by atoms with van der Waals surface area (Å²) in [5, 5.41) is 10.6. The number of nitrogens with one attached hydrogen (secondary N) is 2. The Morgan fingerprint density at radius 3 is 3.19 bits per heavy atom. The molecular formula is C15H17ClFN3O. The van der Waals surface area contributed by atoms with Crippen molar-refractivity contribution in [1.82, 2.24) is 15.5 Å². The number of halogens is 2. The first-order chi connectivity index (χ1) is 10.2. The zero-order valence-corrected chi connectivity index (χ0v) is 12.2. The van der Waals surface area contributed by atoms with Crippen molar-refractivity contribution < 1.29 is 9.13 Å². The smallest absolute Gasteiger partial charge is 0.127 e. The van der Waals surface area contributed by atoms with Crippen LogP contribution in [-0.4, -0.2) is 23.3 Å². The Kier molecular flexibility index (Phi) is 4.53. The summed E-state index contributed by atoms with van der Waals surface area (Å²) < 4.78 is 19.4. The zero-order chi connectivity index (χ0) is 14.7. The summed E-state index contributed by atoms with van der Waals surface area (Å²) in [7, 11) is 0. The number of rotatable bonds is 5. The van der Waals surface area contributed by atoms with Gasteiger partial charge >= 0.3 is 0 Å². The number of ether oxygens (including phenoxy) is 1. The molecule has 0 bridgehead atoms. The highest BCUT2D eigenvalue weighted by molar-refractivity contribution is 6.30. The van der Waals surface area contributed by atoms with Crippen LogP contribution < -0.4 is 5.32 Å². The molecule has 1 saturated heterocycles. The molecule has 2 aromatic rings. The molecule has 4 nitrogen and oxygen atoms in total. The van der Waals surface area contributed by atoms with Crippen LogP contribution in [0.2, 0.25) is 5.02 Å². The van der Waals surface area contributed by atoms with Gasteiger partial charge in [-0.15, -0.1) is 0 Å². The number of nitrogens with zero attached hydrogens (tertiary/aromatic N) is 1. The summed E-state index contributed by atoms with van der Waals surface area (Å²) >= 11 is 5.89. The quantitative estimate of drug-likeness (QED) is 0.892. The van der Waals surface area contributed by atoms with Crippen LogP contribution in [0, 0.1) is 11.7 Å². The minimum Gasteiger partial charge on any atom is -0.373 e. The van der Waals surface area contributed by atoms with Crippen LogP contribution in [-0.2, 0) is 11.3 Å². The van der Waals surface area contributed by atoms with Gasteiger partial charge in [0.05, 0.1) is 12.3 Å². The lowest BCUT2D eigenvalue weighted by molar-refractivity contribution is 0.0904. The molecular weight excluding hydrogens is 293 g/mol. The molecule has 1 aliphatic rings. The Balaban J connectivity index is 1.56. The maximum Gasteiger partial charge on any atom is 0.127 e. The molecule has 0 spiro atoms. The maximum absolute atomic E-state index is 13.6. The maximum atomic E-state index is 13.6. The SMILES string of the molecule is Fc1ccc(Cl)cc1CNC[C@H]1CCO[C@@H]1c1cn[nH]c1. The van der Waals surface area contributed by atoms with Gasteiger partial charge in [-0.05, 0) is 24.6 Å². The lowest BCUT2D eigenvalue weighted by atomic mass is 9.97. The minimum absolute atomic E-state index is 0.0560. The molecule has 1 aromatic heterocycles. The molecule has 2 heterocycles. The van der Waals surface area contributed by atoms with E-state index in [0.29, 0.717) is 23.0 Å². The summed E-state index contributed by atoms with van der Waals surface area (Å²) in [6, 6.07) is 4.61. The van der Waals surface area contributed by atoms with E-state index in [0.717, 1.165) is 25.1 Å². The fourth-order valence-corrected chi connectivity index (χ4v) is 2.89. The van der Waals surface area contributed by atoms with E-state index in [9.17, 15) is 4.39 Å². The molecule has 1 fully saturated rings. The van der Waals surface area contributed by atoms with Crippen LogP contribution in [0.1, 0.15) is 23.7 Å². The van der Waals surface area contributed by atoms with E-state index in [1.54, 1.807) is 18.3 Å². The average molecular weight is 310 g/mol. The van der Waals surface area contributed by atoms with Gasteiger partial charge in [-0.1, -0.05) is 11.6 Å². The van der Waals surface area contributed by atoms with Crippen molar-refractivity contribution in [2.45, 2.75) is 19.1 Å². The van der Waals surface area contributed by atoms with Crippen LogP contribution in [0.15, 0.2) is 30.6 Å². The van der Waals surface area contributed by atoms with Crippen LogP contribution in [0.4, 0.5) is 4.39 Å². The first-order valence-electron chi connectivity index (χ1n) is 6.99. The van der Waals surface area contributed by atoms with Gasteiger partial charge in [0.15, 0.2) is 0 Å². The Morgan fingerprint density at radius 2 is 2.38 bits per heavy atom. The third-order valence-electron chi connectivity index (χ3n) is 3.79. The summed E-state index contributed by atoms with van der Waals surface area (Å²) in [6.45, 7) is 1.97. The number of hydrogen-bond acceptors (Lipinski definition) is 3. The summed E-state index contributed by atoms with van der Waals surface area (Å²) in [6.07, 6.45) is 4.69. The second-order valence-corrected chi connectivity index (χ2v) is 5.67. The summed E-state index contributed by atoms with van der Waals surface area (Å²) in [4.78, 5) is 0. The Morgan fingerprint density at radius 1 is 1.48 bits per heavy atom. The van der Waals surface area contributed by atoms with E-state index in [1.807, 2.05) is 6.20 Å². The van der Waals surface area contributed by atoms with E-state index in [-0.39, 0.29) is 11.9 Å². The monoisotopic (exact) mass is 309 g/mol. The molecule has 112 valence electrons. The minimum atomic E-state index is -0.235. The second kappa shape index (κ2) is 6.56. The Bertz CT molecular complexity index is 591. The van der Waals surface area contributed by atoms with Crippen molar-refractivity contribution in [3.63, 3.8) is 0 Å². The molecule has 6 heteroatoms. The standard InChI is InChI=1S/C15H17ClFN3O/c16-13-1-2-14(17)11(5-13)7-18-6-10-3-4-21-15(10)12-8-19-20-9-12/h1-2,5,8-10,15,18H,3-4,6-7H2,(H,19,20)/t10-,15+/m1/s1. The molecule has 0 aliphatic carbocycles. The van der Waals surface area contributed by atoms with Gasteiger partial charge in [-0.25, -0.2) is 4.39 Å². The van der Waals surface area contributed by atoms with Gasteiger partial charge in [0.25, 0.3) is 0 Å². The van der Waals surface area contributed by atoms with Gasteiger partial charge in [-0.2, -0.15) is 5.10 Å². The van der Waals surface area contributed by atoms with E-state index >= 15 is 0 Å². The molecule has 21 heavy (non-hydrogen) atoms. The lowest BCUT2D eigenvalue weighted by Gasteiger charge is -2.18. The topological polar surface area (TPSA) is 49.9 Å². The first kappa shape index (κ1) is 14.5. The lowest BCUT2D eigenvalue weighted by Crippen LogP contribution is -2.24. The van der Waals surface area contributed by atoms with E-state index in [2.05, 4.69) is 15.5 Å². The van der Waals surface area contributed by atoms with Crippen LogP contribution in [0.25, 0.3) is 0 Å². The van der Waals surface area contributed by atoms with Crippen molar-refractivity contribution >= 4 is 11.6 Å². The average Bonchev–Trinajstić information content (AvgIpc) is 3.13. The van der Waals surface area contributed by atoms with Gasteiger partial charge in [0.1, 0.15) is 5.82 Å². The fourth-order valence-electron chi connectivity index (χ4n) is 2.70. The van der Waals surface area contributed by atoms with Gasteiger partial charge in [0.2, 0.25) is 0 Å². The van der Waals surface area contributed by atoms with Gasteiger partial charge < -0.3 is 10.1 Å². The predicted molar refractivity (Wildman–Crippen MR) is 78.5 cm³/mol. The first-order valence-corrected chi connectivity index (χ1v) is 7.37. The highest BCUT2D eigenvalue weighted by Crippen LogP contribution is 2.33. The van der Waals surface area contributed by atoms with E-state index in [4.69, 9.17) is 16.3 Å². The van der Waals surface area contributed by atoms with Crippen molar-refractivity contribution in [3.05, 3.63) is 52.6 Å². The van der Waals surface area contributed by atoms with E-state index in [1.165, 1.54) is 6.07 Å². The zero-order valence-electron chi connectivity index (χ0n) is 11.5. The number of hydrogen-bond donors (Lipinski definition) is 2. The van der Waals surface area contributed by atoms with Gasteiger partial charge in [-0.3, -0.25) is 5.10 Å². The number of benzene rings is 1. The van der Waals surface area contributed by atoms with Crippen molar-refractivity contribution in [1.29, 1.82) is 0 Å². The molecule has 0 saturated carbocycles. The Hall–Kier alpha value is -1.43. The fraction of sp³-hybridized carbons (Fsp3) is 0.400. The Labute approximate surface area is 127 Å². The van der Waals surface area contributed by atoms with Crippen LogP contribution in [0.3, 0.4) is 0 Å². The molecule has 1 aliphatic heterocycles.